The summed E-state index contributed by atoms with van der Waals surface area (Å²) < 4.78 is 5.23. The maximum absolute atomic E-state index is 12.4. The van der Waals surface area contributed by atoms with E-state index in [4.69, 9.17) is 21.4 Å². The van der Waals surface area contributed by atoms with Crippen LogP contribution < -0.4 is 10.1 Å². The Morgan fingerprint density at radius 2 is 2.05 bits per heavy atom. The molecule has 2 N–H and O–H groups in total. The molecule has 0 aliphatic heterocycles. The van der Waals surface area contributed by atoms with Crippen LogP contribution in [0, 0.1) is 0 Å². The molecule has 120 valence electrons. The number of carbonyl (C=O) groups excluding carboxylic acids is 1. The highest BCUT2D eigenvalue weighted by atomic mass is 35.5. The second-order valence-electron chi connectivity index (χ2n) is 5.70. The summed E-state index contributed by atoms with van der Waals surface area (Å²) in [5, 5.41) is 12.5. The largest absolute Gasteiger partial charge is 0.496 e. The standard InChI is InChI=1S/C16H20ClNO4/c1-22-13-6-4-5-12(17)11(13)9-14(19)18-16(10-15(20)21)7-2-3-8-16/h4-6H,2-3,7-10H2,1H3,(H,18,19)(H,20,21). The van der Waals surface area contributed by atoms with Gasteiger partial charge in [-0.2, -0.15) is 0 Å². The Hall–Kier alpha value is -1.75. The zero-order valence-corrected chi connectivity index (χ0v) is 13.3. The van der Waals surface area contributed by atoms with Crippen molar-refractivity contribution in [3.8, 4) is 5.75 Å². The van der Waals surface area contributed by atoms with Crippen LogP contribution in [0.2, 0.25) is 5.02 Å². The minimum atomic E-state index is -0.891. The van der Waals surface area contributed by atoms with E-state index in [9.17, 15) is 9.59 Å². The van der Waals surface area contributed by atoms with Crippen LogP contribution in [-0.2, 0) is 16.0 Å². The fourth-order valence-corrected chi connectivity index (χ4v) is 3.32. The van der Waals surface area contributed by atoms with Gasteiger partial charge in [-0.1, -0.05) is 30.5 Å². The monoisotopic (exact) mass is 325 g/mol. The first-order valence-electron chi connectivity index (χ1n) is 7.30. The zero-order valence-electron chi connectivity index (χ0n) is 12.5. The van der Waals surface area contributed by atoms with Crippen molar-refractivity contribution in [1.82, 2.24) is 5.32 Å². The average Bonchev–Trinajstić information content (AvgIpc) is 2.88. The second-order valence-corrected chi connectivity index (χ2v) is 6.11. The van der Waals surface area contributed by atoms with Gasteiger partial charge in [0.25, 0.3) is 0 Å². The first kappa shape index (κ1) is 16.6. The van der Waals surface area contributed by atoms with Crippen molar-refractivity contribution in [3.05, 3.63) is 28.8 Å². The summed E-state index contributed by atoms with van der Waals surface area (Å²) in [6.07, 6.45) is 3.30. The fourth-order valence-electron chi connectivity index (χ4n) is 3.09. The summed E-state index contributed by atoms with van der Waals surface area (Å²) in [5.74, 6) is -0.562. The lowest BCUT2D eigenvalue weighted by Crippen LogP contribution is -2.48. The molecule has 1 saturated carbocycles. The molecule has 1 aliphatic rings. The molecule has 0 spiro atoms. The van der Waals surface area contributed by atoms with Crippen LogP contribution in [0.15, 0.2) is 18.2 Å². The fraction of sp³-hybridized carbons (Fsp3) is 0.500. The van der Waals surface area contributed by atoms with Gasteiger partial charge in [-0.3, -0.25) is 9.59 Å². The lowest BCUT2D eigenvalue weighted by atomic mass is 9.92. The number of rotatable bonds is 6. The first-order chi connectivity index (χ1) is 10.5. The van der Waals surface area contributed by atoms with E-state index in [1.165, 1.54) is 7.11 Å². The quantitative estimate of drug-likeness (QED) is 0.843. The number of carboxylic acids is 1. The summed E-state index contributed by atoms with van der Waals surface area (Å²) in [6.45, 7) is 0. The molecule has 22 heavy (non-hydrogen) atoms. The molecule has 0 aromatic heterocycles. The van der Waals surface area contributed by atoms with Gasteiger partial charge in [-0.15, -0.1) is 0 Å². The molecule has 1 aromatic carbocycles. The third-order valence-electron chi connectivity index (χ3n) is 4.09. The molecule has 6 heteroatoms. The summed E-state index contributed by atoms with van der Waals surface area (Å²) in [4.78, 5) is 23.4. The first-order valence-corrected chi connectivity index (χ1v) is 7.68. The van der Waals surface area contributed by atoms with Crippen molar-refractivity contribution in [2.75, 3.05) is 7.11 Å². The summed E-state index contributed by atoms with van der Waals surface area (Å²) in [7, 11) is 1.52. The molecular formula is C16H20ClNO4. The van der Waals surface area contributed by atoms with Crippen molar-refractivity contribution in [1.29, 1.82) is 0 Å². The molecule has 0 bridgehead atoms. The molecular weight excluding hydrogens is 306 g/mol. The zero-order chi connectivity index (χ0) is 16.2. The molecule has 1 aromatic rings. The highest BCUT2D eigenvalue weighted by Crippen LogP contribution is 2.33. The van der Waals surface area contributed by atoms with Gasteiger partial charge in [0, 0.05) is 10.6 Å². The number of hydrogen-bond acceptors (Lipinski definition) is 3. The predicted molar refractivity (Wildman–Crippen MR) is 83.3 cm³/mol. The molecule has 0 atom stereocenters. The summed E-state index contributed by atoms with van der Waals surface area (Å²) >= 11 is 6.13. The van der Waals surface area contributed by atoms with Gasteiger partial charge in [0.1, 0.15) is 5.75 Å². The van der Waals surface area contributed by atoms with Gasteiger partial charge in [0.2, 0.25) is 5.91 Å². The molecule has 2 rings (SSSR count). The molecule has 0 radical (unpaired) electrons. The Bertz CT molecular complexity index is 567. The molecule has 1 fully saturated rings. The van der Waals surface area contributed by atoms with E-state index in [1.54, 1.807) is 18.2 Å². The Morgan fingerprint density at radius 1 is 1.36 bits per heavy atom. The maximum atomic E-state index is 12.4. The molecule has 5 nitrogen and oxygen atoms in total. The lowest BCUT2D eigenvalue weighted by Gasteiger charge is -2.29. The van der Waals surface area contributed by atoms with Crippen LogP contribution in [0.4, 0.5) is 0 Å². The normalized spacial score (nSPS) is 16.3. The van der Waals surface area contributed by atoms with E-state index >= 15 is 0 Å². The molecule has 0 heterocycles. The van der Waals surface area contributed by atoms with Gasteiger partial charge in [-0.25, -0.2) is 0 Å². The molecule has 1 aliphatic carbocycles. The van der Waals surface area contributed by atoms with Gasteiger partial charge >= 0.3 is 5.97 Å². The SMILES string of the molecule is COc1cccc(Cl)c1CC(=O)NC1(CC(=O)O)CCCC1. The van der Waals surface area contributed by atoms with E-state index in [0.29, 0.717) is 29.2 Å². The Balaban J connectivity index is 2.11. The van der Waals surface area contributed by atoms with E-state index < -0.39 is 11.5 Å². The average molecular weight is 326 g/mol. The highest BCUT2D eigenvalue weighted by Gasteiger charge is 2.37. The van der Waals surface area contributed by atoms with Crippen molar-refractivity contribution in [2.24, 2.45) is 0 Å². The van der Waals surface area contributed by atoms with Crippen LogP contribution >= 0.6 is 11.6 Å². The van der Waals surface area contributed by atoms with Crippen LogP contribution in [0.1, 0.15) is 37.7 Å². The third kappa shape index (κ3) is 3.91. The van der Waals surface area contributed by atoms with Crippen LogP contribution in [0.5, 0.6) is 5.75 Å². The molecule has 0 saturated heterocycles. The second kappa shape index (κ2) is 7.01. The van der Waals surface area contributed by atoms with Gasteiger partial charge in [-0.05, 0) is 25.0 Å². The number of carboxylic acid groups (broad SMARTS) is 1. The number of ether oxygens (including phenoxy) is 1. The van der Waals surface area contributed by atoms with Gasteiger partial charge < -0.3 is 15.2 Å². The number of halogens is 1. The van der Waals surface area contributed by atoms with Crippen LogP contribution in [0.3, 0.4) is 0 Å². The van der Waals surface area contributed by atoms with Crippen molar-refractivity contribution in [2.45, 2.75) is 44.1 Å². The smallest absolute Gasteiger partial charge is 0.305 e. The van der Waals surface area contributed by atoms with Crippen molar-refractivity contribution < 1.29 is 19.4 Å². The number of hydrogen-bond donors (Lipinski definition) is 2. The van der Waals surface area contributed by atoms with Gasteiger partial charge in [0.05, 0.1) is 25.5 Å². The van der Waals surface area contributed by atoms with Crippen molar-refractivity contribution >= 4 is 23.5 Å². The minimum absolute atomic E-state index is 0.0433. The number of benzene rings is 1. The van der Waals surface area contributed by atoms with E-state index in [0.717, 1.165) is 12.8 Å². The number of carbonyl (C=O) groups is 2. The van der Waals surface area contributed by atoms with Crippen LogP contribution in [0.25, 0.3) is 0 Å². The number of aliphatic carboxylic acids is 1. The minimum Gasteiger partial charge on any atom is -0.496 e. The predicted octanol–water partition coefficient (Wildman–Crippen LogP) is 2.79. The summed E-state index contributed by atoms with van der Waals surface area (Å²) in [6, 6.07) is 5.21. The number of methoxy groups -OCH3 is 1. The third-order valence-corrected chi connectivity index (χ3v) is 4.44. The lowest BCUT2D eigenvalue weighted by molar-refractivity contribution is -0.139. The molecule has 1 amide bonds. The Kier molecular flexibility index (Phi) is 5.29. The number of nitrogens with one attached hydrogen (secondary N) is 1. The maximum Gasteiger partial charge on any atom is 0.305 e. The van der Waals surface area contributed by atoms with E-state index in [2.05, 4.69) is 5.32 Å². The van der Waals surface area contributed by atoms with Gasteiger partial charge in [0.15, 0.2) is 0 Å². The Labute approximate surface area is 134 Å². The molecule has 0 unspecified atom stereocenters. The summed E-state index contributed by atoms with van der Waals surface area (Å²) in [5.41, 5.74) is -0.00939. The topological polar surface area (TPSA) is 75.6 Å². The highest BCUT2D eigenvalue weighted by molar-refractivity contribution is 6.31. The van der Waals surface area contributed by atoms with Crippen LogP contribution in [-0.4, -0.2) is 29.6 Å². The van der Waals surface area contributed by atoms with E-state index in [1.807, 2.05) is 0 Å². The van der Waals surface area contributed by atoms with E-state index in [-0.39, 0.29) is 18.7 Å². The number of amides is 1. The Morgan fingerprint density at radius 3 is 2.64 bits per heavy atom. The van der Waals surface area contributed by atoms with Crippen molar-refractivity contribution in [3.63, 3.8) is 0 Å².